The van der Waals surface area contributed by atoms with Crippen LogP contribution in [0.25, 0.3) is 0 Å². The maximum atomic E-state index is 12.9. The Morgan fingerprint density at radius 1 is 1.38 bits per heavy atom. The third kappa shape index (κ3) is 5.75. The molecule has 1 aliphatic heterocycles. The van der Waals surface area contributed by atoms with E-state index in [1.807, 2.05) is 4.90 Å². The Kier molecular flexibility index (Phi) is 8.16. The predicted octanol–water partition coefficient (Wildman–Crippen LogP) is 2.78. The highest BCUT2D eigenvalue weighted by molar-refractivity contribution is 14.0. The van der Waals surface area contributed by atoms with E-state index in [9.17, 15) is 18.0 Å². The molecule has 146 valence electrons. The zero-order chi connectivity index (χ0) is 18.6. The average molecular weight is 484 g/mol. The lowest BCUT2D eigenvalue weighted by Crippen LogP contribution is -2.44. The van der Waals surface area contributed by atoms with Gasteiger partial charge in [-0.3, -0.25) is 9.79 Å². The maximum absolute atomic E-state index is 12.9. The Morgan fingerprint density at radius 3 is 2.65 bits per heavy atom. The van der Waals surface area contributed by atoms with Crippen LogP contribution < -0.4 is 5.32 Å². The zero-order valence-electron chi connectivity index (χ0n) is 15.0. The molecule has 2 rings (SSSR count). The first kappa shape index (κ1) is 22.5. The van der Waals surface area contributed by atoms with E-state index >= 15 is 0 Å². The largest absolute Gasteiger partial charge is 0.416 e. The predicted molar refractivity (Wildman–Crippen MR) is 106 cm³/mol. The molecule has 0 aromatic heterocycles. The third-order valence-electron chi connectivity index (χ3n) is 4.28. The van der Waals surface area contributed by atoms with Crippen LogP contribution in [0.1, 0.15) is 23.5 Å². The number of amides is 1. The van der Waals surface area contributed by atoms with Crippen LogP contribution >= 0.6 is 24.0 Å². The first-order valence-corrected chi connectivity index (χ1v) is 8.05. The summed E-state index contributed by atoms with van der Waals surface area (Å²) in [5.41, 5.74) is 0.0553. The Morgan fingerprint density at radius 2 is 2.08 bits per heavy atom. The number of carbonyl (C=O) groups excluding carboxylic acids is 1. The van der Waals surface area contributed by atoms with Gasteiger partial charge in [0.2, 0.25) is 5.91 Å². The average Bonchev–Trinajstić information content (AvgIpc) is 3.04. The van der Waals surface area contributed by atoms with Crippen molar-refractivity contribution in [3.63, 3.8) is 0 Å². The SMILES string of the molecule is CN=C(NCC(=O)N(C)C)N1CCC(c2cccc(C(F)(F)F)c2)C1.I. The molecule has 1 N–H and O–H groups in total. The minimum Gasteiger partial charge on any atom is -0.347 e. The van der Waals surface area contributed by atoms with Gasteiger partial charge in [-0.05, 0) is 18.1 Å². The molecular formula is C17H24F3IN4O. The number of carbonyl (C=O) groups is 1. The number of likely N-dealkylation sites (N-methyl/N-ethyl adjacent to an activating group) is 1. The fourth-order valence-corrected chi connectivity index (χ4v) is 2.84. The van der Waals surface area contributed by atoms with E-state index in [0.717, 1.165) is 12.5 Å². The molecule has 1 saturated heterocycles. The third-order valence-corrected chi connectivity index (χ3v) is 4.28. The number of hydrogen-bond acceptors (Lipinski definition) is 2. The second-order valence-corrected chi connectivity index (χ2v) is 6.24. The highest BCUT2D eigenvalue weighted by atomic mass is 127. The lowest BCUT2D eigenvalue weighted by Gasteiger charge is -2.22. The normalized spacial score (nSPS) is 17.7. The number of benzene rings is 1. The summed E-state index contributed by atoms with van der Waals surface area (Å²) in [5, 5.41) is 3.00. The minimum atomic E-state index is -4.33. The van der Waals surface area contributed by atoms with Crippen LogP contribution in [0.5, 0.6) is 0 Å². The zero-order valence-corrected chi connectivity index (χ0v) is 17.3. The number of likely N-dealkylation sites (tertiary alicyclic amines) is 1. The van der Waals surface area contributed by atoms with Crippen LogP contribution in [-0.2, 0) is 11.0 Å². The van der Waals surface area contributed by atoms with Crippen LogP contribution in [0.15, 0.2) is 29.3 Å². The van der Waals surface area contributed by atoms with Gasteiger partial charge in [0.15, 0.2) is 5.96 Å². The van der Waals surface area contributed by atoms with E-state index in [2.05, 4.69) is 10.3 Å². The van der Waals surface area contributed by atoms with E-state index in [1.165, 1.54) is 17.0 Å². The van der Waals surface area contributed by atoms with Gasteiger partial charge in [0.05, 0.1) is 12.1 Å². The van der Waals surface area contributed by atoms with Crippen molar-refractivity contribution in [1.82, 2.24) is 15.1 Å². The molecule has 0 saturated carbocycles. The van der Waals surface area contributed by atoms with E-state index in [0.29, 0.717) is 24.6 Å². The van der Waals surface area contributed by atoms with Gasteiger partial charge < -0.3 is 15.1 Å². The molecule has 1 heterocycles. The smallest absolute Gasteiger partial charge is 0.347 e. The molecule has 0 aliphatic carbocycles. The van der Waals surface area contributed by atoms with Crippen molar-refractivity contribution in [2.45, 2.75) is 18.5 Å². The molecule has 5 nitrogen and oxygen atoms in total. The molecular weight excluding hydrogens is 460 g/mol. The van der Waals surface area contributed by atoms with Gasteiger partial charge in [0.1, 0.15) is 0 Å². The highest BCUT2D eigenvalue weighted by Crippen LogP contribution is 2.33. The fraction of sp³-hybridized carbons (Fsp3) is 0.529. The van der Waals surface area contributed by atoms with E-state index < -0.39 is 11.7 Å². The van der Waals surface area contributed by atoms with Gasteiger partial charge in [-0.2, -0.15) is 13.2 Å². The quantitative estimate of drug-likeness (QED) is 0.408. The summed E-state index contributed by atoms with van der Waals surface area (Å²) in [5.74, 6) is 0.518. The Bertz CT molecular complexity index is 649. The highest BCUT2D eigenvalue weighted by Gasteiger charge is 2.32. The first-order chi connectivity index (χ1) is 11.7. The van der Waals surface area contributed by atoms with Crippen molar-refractivity contribution < 1.29 is 18.0 Å². The lowest BCUT2D eigenvalue weighted by atomic mass is 9.96. The Labute approximate surface area is 168 Å². The Balaban J connectivity index is 0.00000338. The molecule has 9 heteroatoms. The maximum Gasteiger partial charge on any atom is 0.416 e. The fourth-order valence-electron chi connectivity index (χ4n) is 2.84. The van der Waals surface area contributed by atoms with Crippen molar-refractivity contribution in [2.24, 2.45) is 4.99 Å². The van der Waals surface area contributed by atoms with Crippen molar-refractivity contribution in [3.05, 3.63) is 35.4 Å². The van der Waals surface area contributed by atoms with Gasteiger partial charge in [-0.15, -0.1) is 24.0 Å². The number of aliphatic imine (C=N–C) groups is 1. The molecule has 1 aromatic carbocycles. The van der Waals surface area contributed by atoms with E-state index in [4.69, 9.17) is 0 Å². The van der Waals surface area contributed by atoms with Crippen molar-refractivity contribution in [1.29, 1.82) is 0 Å². The van der Waals surface area contributed by atoms with E-state index in [-0.39, 0.29) is 42.3 Å². The number of guanidine groups is 1. The topological polar surface area (TPSA) is 47.9 Å². The van der Waals surface area contributed by atoms with Gasteiger partial charge in [-0.25, -0.2) is 0 Å². The second kappa shape index (κ2) is 9.43. The lowest BCUT2D eigenvalue weighted by molar-refractivity contribution is -0.137. The number of rotatable bonds is 3. The summed E-state index contributed by atoms with van der Waals surface area (Å²) in [6.45, 7) is 1.37. The molecule has 1 amide bonds. The van der Waals surface area contributed by atoms with Crippen molar-refractivity contribution >= 4 is 35.8 Å². The van der Waals surface area contributed by atoms with Gasteiger partial charge >= 0.3 is 6.18 Å². The number of halogens is 4. The molecule has 26 heavy (non-hydrogen) atoms. The molecule has 0 bridgehead atoms. The van der Waals surface area contributed by atoms with Crippen LogP contribution in [0.2, 0.25) is 0 Å². The van der Waals surface area contributed by atoms with Crippen LogP contribution in [0.4, 0.5) is 13.2 Å². The minimum absolute atomic E-state index is 0. The number of nitrogens with one attached hydrogen (secondary N) is 1. The standard InChI is InChI=1S/C17H23F3N4O.HI/c1-21-16(22-10-15(25)23(2)3)24-8-7-13(11-24)12-5-4-6-14(9-12)17(18,19)20;/h4-6,9,13H,7-8,10-11H2,1-3H3,(H,21,22);1H. The summed E-state index contributed by atoms with van der Waals surface area (Å²) >= 11 is 0. The van der Waals surface area contributed by atoms with Gasteiger partial charge in [-0.1, -0.05) is 18.2 Å². The summed E-state index contributed by atoms with van der Waals surface area (Å²) in [6.07, 6.45) is -3.60. The number of alkyl halides is 3. The van der Waals surface area contributed by atoms with Crippen molar-refractivity contribution in [2.75, 3.05) is 40.8 Å². The van der Waals surface area contributed by atoms with Crippen molar-refractivity contribution in [3.8, 4) is 0 Å². The molecule has 1 atom stereocenters. The van der Waals surface area contributed by atoms with E-state index in [1.54, 1.807) is 27.2 Å². The molecule has 1 unspecified atom stereocenters. The van der Waals surface area contributed by atoms with Crippen LogP contribution in [0.3, 0.4) is 0 Å². The summed E-state index contributed by atoms with van der Waals surface area (Å²) in [7, 11) is 4.97. The summed E-state index contributed by atoms with van der Waals surface area (Å²) in [4.78, 5) is 19.3. The molecule has 0 radical (unpaired) electrons. The van der Waals surface area contributed by atoms with Crippen LogP contribution in [0, 0.1) is 0 Å². The molecule has 0 spiro atoms. The Hall–Kier alpha value is -1.52. The summed E-state index contributed by atoms with van der Waals surface area (Å²) in [6, 6.07) is 5.49. The number of nitrogens with zero attached hydrogens (tertiary/aromatic N) is 3. The van der Waals surface area contributed by atoms with Crippen LogP contribution in [-0.4, -0.2) is 62.4 Å². The monoisotopic (exact) mass is 484 g/mol. The summed E-state index contributed by atoms with van der Waals surface area (Å²) < 4.78 is 38.6. The first-order valence-electron chi connectivity index (χ1n) is 8.05. The molecule has 1 aromatic rings. The van der Waals surface area contributed by atoms with Gasteiger partial charge in [0.25, 0.3) is 0 Å². The number of hydrogen-bond donors (Lipinski definition) is 1. The van der Waals surface area contributed by atoms with Gasteiger partial charge in [0, 0.05) is 40.2 Å². The molecule has 1 aliphatic rings. The molecule has 1 fully saturated rings. The second-order valence-electron chi connectivity index (χ2n) is 6.24.